The molecule has 28 heavy (non-hydrogen) atoms. The fourth-order valence-electron chi connectivity index (χ4n) is 2.58. The molecule has 2 aromatic carbocycles. The molecule has 0 saturated heterocycles. The Bertz CT molecular complexity index is 931. The second kappa shape index (κ2) is 9.80. The molecule has 0 fully saturated rings. The first kappa shape index (κ1) is 19.8. The van der Waals surface area contributed by atoms with Crippen molar-refractivity contribution in [2.45, 2.75) is 6.92 Å². The highest BCUT2D eigenvalue weighted by Gasteiger charge is 2.09. The predicted octanol–water partition coefficient (Wildman–Crippen LogP) is 3.86. The number of amides is 1. The van der Waals surface area contributed by atoms with Crippen molar-refractivity contribution in [2.24, 2.45) is 0 Å². The van der Waals surface area contributed by atoms with Gasteiger partial charge in [0.15, 0.2) is 6.61 Å². The van der Waals surface area contributed by atoms with Crippen LogP contribution in [0.15, 0.2) is 54.7 Å². The normalized spacial score (nSPS) is 10.5. The van der Waals surface area contributed by atoms with Gasteiger partial charge in [-0.05, 0) is 55.5 Å². The number of fused-ring (bicyclic) bond motifs is 1. The monoisotopic (exact) mass is 400 g/mol. The topological polar surface area (TPSA) is 69.7 Å². The maximum Gasteiger partial charge on any atom is 0.258 e. The summed E-state index contributed by atoms with van der Waals surface area (Å²) in [6.45, 7) is 3.16. The van der Waals surface area contributed by atoms with Crippen LogP contribution in [0.1, 0.15) is 6.92 Å². The van der Waals surface area contributed by atoms with E-state index in [-0.39, 0.29) is 12.5 Å². The van der Waals surface area contributed by atoms with Crippen molar-refractivity contribution < 1.29 is 19.0 Å². The average molecular weight is 401 g/mol. The summed E-state index contributed by atoms with van der Waals surface area (Å²) in [7, 11) is 0. The minimum Gasteiger partial charge on any atom is -0.494 e. The van der Waals surface area contributed by atoms with E-state index in [0.29, 0.717) is 41.8 Å². The number of nitrogens with one attached hydrogen (secondary N) is 1. The Morgan fingerprint density at radius 1 is 1.04 bits per heavy atom. The summed E-state index contributed by atoms with van der Waals surface area (Å²) in [5.74, 6) is 1.78. The Labute approximate surface area is 168 Å². The molecular formula is C21H21ClN2O4. The van der Waals surface area contributed by atoms with E-state index in [2.05, 4.69) is 10.3 Å². The second-order valence-electron chi connectivity index (χ2n) is 5.84. The molecule has 0 saturated carbocycles. The summed E-state index contributed by atoms with van der Waals surface area (Å²) in [5, 5.41) is 4.13. The summed E-state index contributed by atoms with van der Waals surface area (Å²) in [6, 6.07) is 14.4. The third-order valence-electron chi connectivity index (χ3n) is 3.87. The van der Waals surface area contributed by atoms with Crippen molar-refractivity contribution in [2.75, 3.05) is 26.4 Å². The van der Waals surface area contributed by atoms with Crippen LogP contribution in [0, 0.1) is 0 Å². The molecule has 6 nitrogen and oxygen atoms in total. The highest BCUT2D eigenvalue weighted by Crippen LogP contribution is 2.29. The number of pyridine rings is 1. The maximum atomic E-state index is 12.0. The molecule has 3 rings (SSSR count). The second-order valence-corrected chi connectivity index (χ2v) is 6.24. The predicted molar refractivity (Wildman–Crippen MR) is 108 cm³/mol. The number of hydrogen-bond acceptors (Lipinski definition) is 5. The number of nitrogens with zero attached hydrogens (tertiary/aromatic N) is 1. The van der Waals surface area contributed by atoms with Crippen molar-refractivity contribution in [3.05, 3.63) is 59.8 Å². The number of carbonyl (C=O) groups excluding carboxylic acids is 1. The van der Waals surface area contributed by atoms with Crippen LogP contribution in [-0.2, 0) is 4.79 Å². The smallest absolute Gasteiger partial charge is 0.258 e. The molecule has 146 valence electrons. The number of hydrogen-bond donors (Lipinski definition) is 1. The van der Waals surface area contributed by atoms with E-state index in [0.717, 1.165) is 11.1 Å². The van der Waals surface area contributed by atoms with Gasteiger partial charge in [-0.15, -0.1) is 0 Å². The van der Waals surface area contributed by atoms with Crippen molar-refractivity contribution >= 4 is 28.4 Å². The Balaban J connectivity index is 1.42. The summed E-state index contributed by atoms with van der Waals surface area (Å²) < 4.78 is 16.6. The first-order chi connectivity index (χ1) is 13.7. The minimum atomic E-state index is -0.241. The standard InChI is InChI=1S/C21H21ClN2O4/c1-2-26-15-5-7-16(8-6-15)27-13-12-23-20(25)14-28-19-10-9-18(22)17-4-3-11-24-21(17)19/h3-11H,2,12-14H2,1H3,(H,23,25). The van der Waals surface area contributed by atoms with E-state index in [4.69, 9.17) is 25.8 Å². The molecule has 7 heteroatoms. The van der Waals surface area contributed by atoms with E-state index in [9.17, 15) is 4.79 Å². The zero-order chi connectivity index (χ0) is 19.8. The Hall–Kier alpha value is -2.99. The number of benzene rings is 2. The SMILES string of the molecule is CCOc1ccc(OCCNC(=O)COc2ccc(Cl)c3cccnc23)cc1. The van der Waals surface area contributed by atoms with Gasteiger partial charge >= 0.3 is 0 Å². The molecule has 1 heterocycles. The minimum absolute atomic E-state index is 0.115. The van der Waals surface area contributed by atoms with E-state index in [1.807, 2.05) is 37.3 Å². The molecule has 3 aromatic rings. The van der Waals surface area contributed by atoms with E-state index in [1.165, 1.54) is 0 Å². The molecular weight excluding hydrogens is 380 g/mol. The van der Waals surface area contributed by atoms with Gasteiger partial charge in [0, 0.05) is 11.6 Å². The highest BCUT2D eigenvalue weighted by atomic mass is 35.5. The van der Waals surface area contributed by atoms with Gasteiger partial charge in [-0.1, -0.05) is 11.6 Å². The average Bonchev–Trinajstić information content (AvgIpc) is 2.72. The molecule has 0 atom stereocenters. The highest BCUT2D eigenvalue weighted by molar-refractivity contribution is 6.35. The zero-order valence-electron chi connectivity index (χ0n) is 15.5. The van der Waals surface area contributed by atoms with Gasteiger partial charge in [0.05, 0.1) is 18.2 Å². The lowest BCUT2D eigenvalue weighted by atomic mass is 10.2. The van der Waals surface area contributed by atoms with Crippen LogP contribution in [0.5, 0.6) is 17.2 Å². The van der Waals surface area contributed by atoms with Crippen LogP contribution in [0.4, 0.5) is 0 Å². The number of aromatic nitrogens is 1. The summed E-state index contributed by atoms with van der Waals surface area (Å²) in [5.41, 5.74) is 0.627. The quantitative estimate of drug-likeness (QED) is 0.552. The van der Waals surface area contributed by atoms with Gasteiger partial charge in [0.1, 0.15) is 29.4 Å². The fraction of sp³-hybridized carbons (Fsp3) is 0.238. The number of ether oxygens (including phenoxy) is 3. The van der Waals surface area contributed by atoms with Crippen LogP contribution >= 0.6 is 11.6 Å². The molecule has 0 aliphatic carbocycles. The Kier molecular flexibility index (Phi) is 6.92. The number of halogens is 1. The lowest BCUT2D eigenvalue weighted by molar-refractivity contribution is -0.123. The van der Waals surface area contributed by atoms with Crippen LogP contribution in [-0.4, -0.2) is 37.3 Å². The van der Waals surface area contributed by atoms with Gasteiger partial charge in [-0.3, -0.25) is 9.78 Å². The van der Waals surface area contributed by atoms with Crippen molar-refractivity contribution in [1.29, 1.82) is 0 Å². The van der Waals surface area contributed by atoms with Crippen LogP contribution < -0.4 is 19.5 Å². The first-order valence-electron chi connectivity index (χ1n) is 8.95. The third-order valence-corrected chi connectivity index (χ3v) is 4.20. The van der Waals surface area contributed by atoms with Crippen LogP contribution in [0.3, 0.4) is 0 Å². The summed E-state index contributed by atoms with van der Waals surface area (Å²) in [4.78, 5) is 16.3. The summed E-state index contributed by atoms with van der Waals surface area (Å²) in [6.07, 6.45) is 1.66. The third kappa shape index (κ3) is 5.27. The molecule has 0 unspecified atom stereocenters. The molecule has 1 amide bonds. The molecule has 1 N–H and O–H groups in total. The van der Waals surface area contributed by atoms with Gasteiger partial charge in [-0.2, -0.15) is 0 Å². The number of carbonyl (C=O) groups is 1. The Morgan fingerprint density at radius 2 is 1.79 bits per heavy atom. The van der Waals surface area contributed by atoms with E-state index in [1.54, 1.807) is 24.4 Å². The number of rotatable bonds is 9. The molecule has 0 aliphatic heterocycles. The lowest BCUT2D eigenvalue weighted by Crippen LogP contribution is -2.32. The largest absolute Gasteiger partial charge is 0.494 e. The van der Waals surface area contributed by atoms with Crippen molar-refractivity contribution in [3.8, 4) is 17.2 Å². The molecule has 0 spiro atoms. The molecule has 0 bridgehead atoms. The van der Waals surface area contributed by atoms with Crippen LogP contribution in [0.2, 0.25) is 5.02 Å². The maximum absolute atomic E-state index is 12.0. The molecule has 1 aromatic heterocycles. The van der Waals surface area contributed by atoms with E-state index >= 15 is 0 Å². The van der Waals surface area contributed by atoms with Gasteiger partial charge in [0.2, 0.25) is 0 Å². The van der Waals surface area contributed by atoms with Crippen LogP contribution in [0.25, 0.3) is 10.9 Å². The first-order valence-corrected chi connectivity index (χ1v) is 9.33. The van der Waals surface area contributed by atoms with Gasteiger partial charge in [0.25, 0.3) is 5.91 Å². The molecule has 0 aliphatic rings. The van der Waals surface area contributed by atoms with Crippen molar-refractivity contribution in [3.63, 3.8) is 0 Å². The molecule has 0 radical (unpaired) electrons. The fourth-order valence-corrected chi connectivity index (χ4v) is 2.80. The zero-order valence-corrected chi connectivity index (χ0v) is 16.2. The van der Waals surface area contributed by atoms with Crippen molar-refractivity contribution in [1.82, 2.24) is 10.3 Å². The van der Waals surface area contributed by atoms with Gasteiger partial charge in [-0.25, -0.2) is 0 Å². The van der Waals surface area contributed by atoms with Gasteiger partial charge < -0.3 is 19.5 Å². The Morgan fingerprint density at radius 3 is 2.54 bits per heavy atom. The van der Waals surface area contributed by atoms with E-state index < -0.39 is 0 Å². The summed E-state index contributed by atoms with van der Waals surface area (Å²) >= 11 is 6.16. The lowest BCUT2D eigenvalue weighted by Gasteiger charge is -2.11.